The third-order valence-electron chi connectivity index (χ3n) is 2.50. The molecule has 0 aliphatic heterocycles. The Hall–Kier alpha value is -2.30. The van der Waals surface area contributed by atoms with Gasteiger partial charge in [0.15, 0.2) is 5.43 Å². The van der Waals surface area contributed by atoms with Crippen molar-refractivity contribution < 1.29 is 14.3 Å². The lowest BCUT2D eigenvalue weighted by Crippen LogP contribution is -2.11. The van der Waals surface area contributed by atoms with Crippen LogP contribution in [0.15, 0.2) is 29.2 Å². The Morgan fingerprint density at radius 3 is 2.65 bits per heavy atom. The predicted molar refractivity (Wildman–Crippen MR) is 62.5 cm³/mol. The van der Waals surface area contributed by atoms with Gasteiger partial charge in [0.25, 0.3) is 0 Å². The van der Waals surface area contributed by atoms with Crippen molar-refractivity contribution in [1.82, 2.24) is 4.98 Å². The molecule has 1 aromatic carbocycles. The lowest BCUT2D eigenvalue weighted by atomic mass is 10.1. The third kappa shape index (κ3) is 1.75. The van der Waals surface area contributed by atoms with Crippen LogP contribution < -0.4 is 10.2 Å². The molecule has 17 heavy (non-hydrogen) atoms. The molecule has 0 unspecified atom stereocenters. The minimum atomic E-state index is -0.593. The number of aromatic amines is 1. The van der Waals surface area contributed by atoms with E-state index in [0.717, 1.165) is 0 Å². The smallest absolute Gasteiger partial charge is 0.342 e. The van der Waals surface area contributed by atoms with E-state index >= 15 is 0 Å². The fraction of sp³-hybridized carbons (Fsp3) is 0.167. The van der Waals surface area contributed by atoms with E-state index in [1.165, 1.54) is 26.5 Å². The lowest BCUT2D eigenvalue weighted by molar-refractivity contribution is 0.0599. The van der Waals surface area contributed by atoms with Gasteiger partial charge in [0, 0.05) is 12.3 Å². The Labute approximate surface area is 97.0 Å². The van der Waals surface area contributed by atoms with Crippen molar-refractivity contribution >= 4 is 16.9 Å². The van der Waals surface area contributed by atoms with Crippen LogP contribution in [-0.4, -0.2) is 25.2 Å². The van der Waals surface area contributed by atoms with Crippen LogP contribution in [0.5, 0.6) is 5.75 Å². The monoisotopic (exact) mass is 233 g/mol. The van der Waals surface area contributed by atoms with Crippen LogP contribution in [0.1, 0.15) is 10.4 Å². The molecule has 1 heterocycles. The standard InChI is InChI=1S/C12H11NO4/c1-16-9-4-3-7-10(8(14)5-6-13-7)11(9)12(15)17-2/h3-6H,1-2H3,(H,13,14). The van der Waals surface area contributed by atoms with Crippen LogP contribution >= 0.6 is 0 Å². The molecule has 5 nitrogen and oxygen atoms in total. The first-order chi connectivity index (χ1) is 8.19. The normalized spacial score (nSPS) is 10.2. The largest absolute Gasteiger partial charge is 0.496 e. The minimum Gasteiger partial charge on any atom is -0.496 e. The quantitative estimate of drug-likeness (QED) is 0.794. The highest BCUT2D eigenvalue weighted by Gasteiger charge is 2.18. The number of benzene rings is 1. The van der Waals surface area contributed by atoms with Gasteiger partial charge in [-0.05, 0) is 12.1 Å². The summed E-state index contributed by atoms with van der Waals surface area (Å²) in [5.74, 6) is -0.273. The first kappa shape index (κ1) is 11.2. The number of rotatable bonds is 2. The molecule has 0 radical (unpaired) electrons. The van der Waals surface area contributed by atoms with Crippen LogP contribution in [0.2, 0.25) is 0 Å². The van der Waals surface area contributed by atoms with E-state index < -0.39 is 5.97 Å². The fourth-order valence-electron chi connectivity index (χ4n) is 1.73. The summed E-state index contributed by atoms with van der Waals surface area (Å²) in [4.78, 5) is 26.4. The molecule has 0 saturated carbocycles. The maximum absolute atomic E-state index is 11.8. The van der Waals surface area contributed by atoms with Crippen molar-refractivity contribution in [3.05, 3.63) is 40.2 Å². The van der Waals surface area contributed by atoms with Crippen LogP contribution in [0, 0.1) is 0 Å². The average Bonchev–Trinajstić information content (AvgIpc) is 2.37. The van der Waals surface area contributed by atoms with Crippen molar-refractivity contribution in [3.8, 4) is 5.75 Å². The molecule has 0 aliphatic rings. The van der Waals surface area contributed by atoms with Gasteiger partial charge in [-0.2, -0.15) is 0 Å². The van der Waals surface area contributed by atoms with Gasteiger partial charge in [-0.3, -0.25) is 4.79 Å². The van der Waals surface area contributed by atoms with Crippen LogP contribution in [0.25, 0.3) is 10.9 Å². The van der Waals surface area contributed by atoms with Gasteiger partial charge in [0.1, 0.15) is 11.3 Å². The zero-order valence-electron chi connectivity index (χ0n) is 9.44. The van der Waals surface area contributed by atoms with E-state index in [2.05, 4.69) is 9.72 Å². The number of carbonyl (C=O) groups is 1. The number of pyridine rings is 1. The Balaban J connectivity index is 2.92. The molecule has 0 aliphatic carbocycles. The molecule has 0 atom stereocenters. The van der Waals surface area contributed by atoms with Gasteiger partial charge in [-0.15, -0.1) is 0 Å². The lowest BCUT2D eigenvalue weighted by Gasteiger charge is -2.09. The molecule has 2 aromatic rings. The van der Waals surface area contributed by atoms with Crippen LogP contribution in [0.3, 0.4) is 0 Å². The van der Waals surface area contributed by atoms with E-state index in [9.17, 15) is 9.59 Å². The molecule has 5 heteroatoms. The summed E-state index contributed by atoms with van der Waals surface area (Å²) in [5.41, 5.74) is 0.464. The fourth-order valence-corrected chi connectivity index (χ4v) is 1.73. The Bertz CT molecular complexity index is 630. The van der Waals surface area contributed by atoms with Crippen molar-refractivity contribution in [2.24, 2.45) is 0 Å². The predicted octanol–water partition coefficient (Wildman–Crippen LogP) is 1.32. The maximum atomic E-state index is 11.8. The van der Waals surface area contributed by atoms with E-state index in [-0.39, 0.29) is 16.4 Å². The van der Waals surface area contributed by atoms with Crippen molar-refractivity contribution in [3.63, 3.8) is 0 Å². The highest BCUT2D eigenvalue weighted by Crippen LogP contribution is 2.25. The molecule has 0 bridgehead atoms. The van der Waals surface area contributed by atoms with Gasteiger partial charge in [-0.25, -0.2) is 4.79 Å². The molecule has 0 amide bonds. The minimum absolute atomic E-state index is 0.148. The molecule has 2 rings (SSSR count). The number of aromatic nitrogens is 1. The Kier molecular flexibility index (Phi) is 2.82. The van der Waals surface area contributed by atoms with Crippen LogP contribution in [0.4, 0.5) is 0 Å². The Morgan fingerprint density at radius 2 is 2.00 bits per heavy atom. The molecule has 0 spiro atoms. The molecule has 1 N–H and O–H groups in total. The second-order valence-electron chi connectivity index (χ2n) is 3.40. The highest BCUT2D eigenvalue weighted by molar-refractivity contribution is 6.05. The number of esters is 1. The maximum Gasteiger partial charge on any atom is 0.342 e. The second-order valence-corrected chi connectivity index (χ2v) is 3.40. The first-order valence-corrected chi connectivity index (χ1v) is 4.95. The summed E-state index contributed by atoms with van der Waals surface area (Å²) in [7, 11) is 2.70. The summed E-state index contributed by atoms with van der Waals surface area (Å²) in [6.45, 7) is 0. The van der Waals surface area contributed by atoms with E-state index in [4.69, 9.17) is 4.74 Å². The number of methoxy groups -OCH3 is 2. The summed E-state index contributed by atoms with van der Waals surface area (Å²) < 4.78 is 9.75. The van der Waals surface area contributed by atoms with E-state index in [1.54, 1.807) is 12.1 Å². The van der Waals surface area contributed by atoms with E-state index in [1.807, 2.05) is 0 Å². The van der Waals surface area contributed by atoms with Crippen LogP contribution in [-0.2, 0) is 4.74 Å². The molecule has 0 fully saturated rings. The zero-order valence-corrected chi connectivity index (χ0v) is 9.44. The van der Waals surface area contributed by atoms with Crippen molar-refractivity contribution in [2.45, 2.75) is 0 Å². The number of hydrogen-bond donors (Lipinski definition) is 1. The second kappa shape index (κ2) is 4.29. The van der Waals surface area contributed by atoms with Gasteiger partial charge in [0.2, 0.25) is 0 Å². The number of ether oxygens (including phenoxy) is 2. The molecular weight excluding hydrogens is 222 g/mol. The van der Waals surface area contributed by atoms with E-state index in [0.29, 0.717) is 11.3 Å². The molecule has 1 aromatic heterocycles. The Morgan fingerprint density at radius 1 is 1.24 bits per heavy atom. The van der Waals surface area contributed by atoms with Gasteiger partial charge >= 0.3 is 5.97 Å². The SMILES string of the molecule is COC(=O)c1c(OC)ccc2[nH]ccc(=O)c12. The summed E-state index contributed by atoms with van der Waals surface area (Å²) in [5, 5.41) is 0.277. The molecule has 0 saturated heterocycles. The third-order valence-corrected chi connectivity index (χ3v) is 2.50. The number of hydrogen-bond acceptors (Lipinski definition) is 4. The molecule has 88 valence electrons. The summed E-state index contributed by atoms with van der Waals surface area (Å²) in [6.07, 6.45) is 1.53. The summed E-state index contributed by atoms with van der Waals surface area (Å²) >= 11 is 0. The van der Waals surface area contributed by atoms with Crippen molar-refractivity contribution in [2.75, 3.05) is 14.2 Å². The topological polar surface area (TPSA) is 68.4 Å². The van der Waals surface area contributed by atoms with Gasteiger partial charge in [0.05, 0.1) is 25.1 Å². The average molecular weight is 233 g/mol. The summed E-state index contributed by atoms with van der Waals surface area (Å²) in [6, 6.07) is 4.65. The van der Waals surface area contributed by atoms with Crippen molar-refractivity contribution in [1.29, 1.82) is 0 Å². The number of fused-ring (bicyclic) bond motifs is 1. The van der Waals surface area contributed by atoms with Gasteiger partial charge in [-0.1, -0.05) is 0 Å². The molecular formula is C12H11NO4. The number of carbonyl (C=O) groups excluding carboxylic acids is 1. The van der Waals surface area contributed by atoms with Gasteiger partial charge < -0.3 is 14.5 Å². The zero-order chi connectivity index (χ0) is 12.4. The first-order valence-electron chi connectivity index (χ1n) is 4.95. The highest BCUT2D eigenvalue weighted by atomic mass is 16.5. The number of nitrogens with one attached hydrogen (secondary N) is 1. The number of H-pyrrole nitrogens is 1.